The van der Waals surface area contributed by atoms with Crippen molar-refractivity contribution in [2.75, 3.05) is 5.32 Å². The fourth-order valence-corrected chi connectivity index (χ4v) is 2.90. The Morgan fingerprint density at radius 3 is 2.61 bits per heavy atom. The molecule has 118 valence electrons. The Bertz CT molecular complexity index is 713. The lowest BCUT2D eigenvalue weighted by Gasteiger charge is -2.16. The molecule has 0 aliphatic carbocycles. The molecule has 23 heavy (non-hydrogen) atoms. The molecule has 0 bridgehead atoms. The minimum Gasteiger partial charge on any atom is -0.326 e. The summed E-state index contributed by atoms with van der Waals surface area (Å²) in [6, 6.07) is 15.2. The largest absolute Gasteiger partial charge is 0.326 e. The Morgan fingerprint density at radius 2 is 1.83 bits per heavy atom. The minimum absolute atomic E-state index is 0.120. The van der Waals surface area contributed by atoms with Gasteiger partial charge in [0.1, 0.15) is 0 Å². The molecular formula is C21H23NO. The van der Waals surface area contributed by atoms with Gasteiger partial charge in [0.15, 0.2) is 0 Å². The molecule has 1 heterocycles. The van der Waals surface area contributed by atoms with Gasteiger partial charge in [-0.25, -0.2) is 0 Å². The Labute approximate surface area is 138 Å². The van der Waals surface area contributed by atoms with Gasteiger partial charge >= 0.3 is 0 Å². The molecule has 2 nitrogen and oxygen atoms in total. The number of hydrogen-bond acceptors (Lipinski definition) is 1. The quantitative estimate of drug-likeness (QED) is 0.846. The standard InChI is InChI=1S/C21H23NO/c1-2-16-7-9-17(10-8-16)5-3-4-6-18-11-12-19-13-14-21(23)22-20(19)15-18/h4,6-12,15H,2-3,5,13-14H2,1H3,(H,22,23)/b6-4+. The minimum atomic E-state index is 0.120. The molecule has 1 N–H and O–H groups in total. The number of anilines is 1. The van der Waals surface area contributed by atoms with Gasteiger partial charge in [-0.2, -0.15) is 0 Å². The predicted molar refractivity (Wildman–Crippen MR) is 96.6 cm³/mol. The lowest BCUT2D eigenvalue weighted by Crippen LogP contribution is -2.18. The number of fused-ring (bicyclic) bond motifs is 1. The molecule has 0 saturated heterocycles. The van der Waals surface area contributed by atoms with Crippen molar-refractivity contribution in [1.29, 1.82) is 0 Å². The van der Waals surface area contributed by atoms with Crippen LogP contribution < -0.4 is 5.32 Å². The Balaban J connectivity index is 1.57. The molecule has 1 aliphatic heterocycles. The van der Waals surface area contributed by atoms with Gasteiger partial charge < -0.3 is 5.32 Å². The third-order valence-electron chi connectivity index (χ3n) is 4.37. The molecule has 0 saturated carbocycles. The van der Waals surface area contributed by atoms with Gasteiger partial charge in [-0.15, -0.1) is 0 Å². The number of carbonyl (C=O) groups excluding carboxylic acids is 1. The van der Waals surface area contributed by atoms with E-state index in [1.807, 2.05) is 0 Å². The molecule has 2 heteroatoms. The lowest BCUT2D eigenvalue weighted by molar-refractivity contribution is -0.116. The number of allylic oxidation sites excluding steroid dienone is 1. The fraction of sp³-hybridized carbons (Fsp3) is 0.286. The summed E-state index contributed by atoms with van der Waals surface area (Å²) in [6.07, 6.45) is 8.96. The first kappa shape index (κ1) is 15.5. The molecule has 0 radical (unpaired) electrons. The highest BCUT2D eigenvalue weighted by atomic mass is 16.1. The third kappa shape index (κ3) is 4.10. The van der Waals surface area contributed by atoms with Crippen LogP contribution in [0.2, 0.25) is 0 Å². The summed E-state index contributed by atoms with van der Waals surface area (Å²) < 4.78 is 0. The third-order valence-corrected chi connectivity index (χ3v) is 4.37. The number of benzene rings is 2. The van der Waals surface area contributed by atoms with Crippen LogP contribution in [0.15, 0.2) is 48.5 Å². The van der Waals surface area contributed by atoms with E-state index in [-0.39, 0.29) is 5.91 Å². The van der Waals surface area contributed by atoms with E-state index in [1.54, 1.807) is 0 Å². The summed E-state index contributed by atoms with van der Waals surface area (Å²) in [5.74, 6) is 0.120. The summed E-state index contributed by atoms with van der Waals surface area (Å²) in [5.41, 5.74) is 6.12. The second-order valence-corrected chi connectivity index (χ2v) is 6.08. The van der Waals surface area contributed by atoms with Crippen LogP contribution in [0, 0.1) is 0 Å². The molecule has 1 aliphatic rings. The van der Waals surface area contributed by atoms with Crippen molar-refractivity contribution in [3.8, 4) is 0 Å². The van der Waals surface area contributed by atoms with E-state index >= 15 is 0 Å². The molecule has 0 unspecified atom stereocenters. The van der Waals surface area contributed by atoms with Gasteiger partial charge in [0.2, 0.25) is 5.91 Å². The molecule has 0 fully saturated rings. The van der Waals surface area contributed by atoms with Crippen LogP contribution in [0.1, 0.15) is 42.0 Å². The van der Waals surface area contributed by atoms with E-state index in [4.69, 9.17) is 0 Å². The van der Waals surface area contributed by atoms with Crippen LogP contribution in [0.5, 0.6) is 0 Å². The van der Waals surface area contributed by atoms with Crippen molar-refractivity contribution in [1.82, 2.24) is 0 Å². The predicted octanol–water partition coefficient (Wildman–Crippen LogP) is 4.78. The van der Waals surface area contributed by atoms with Gasteiger partial charge in [-0.3, -0.25) is 4.79 Å². The van der Waals surface area contributed by atoms with E-state index in [0.29, 0.717) is 6.42 Å². The van der Waals surface area contributed by atoms with Gasteiger partial charge in [-0.1, -0.05) is 55.5 Å². The number of hydrogen-bond donors (Lipinski definition) is 1. The molecule has 0 aromatic heterocycles. The number of rotatable bonds is 5. The first-order valence-corrected chi connectivity index (χ1v) is 8.42. The van der Waals surface area contributed by atoms with Gasteiger partial charge in [-0.05, 0) is 54.0 Å². The van der Waals surface area contributed by atoms with Crippen molar-refractivity contribution < 1.29 is 4.79 Å². The van der Waals surface area contributed by atoms with E-state index in [2.05, 4.69) is 66.9 Å². The molecule has 0 spiro atoms. The van der Waals surface area contributed by atoms with Crippen molar-refractivity contribution in [2.24, 2.45) is 0 Å². The maximum atomic E-state index is 11.5. The SMILES string of the molecule is CCc1ccc(CC/C=C/c2ccc3c(c2)NC(=O)CC3)cc1. The zero-order valence-electron chi connectivity index (χ0n) is 13.6. The fourth-order valence-electron chi connectivity index (χ4n) is 2.90. The number of aryl methyl sites for hydroxylation is 3. The summed E-state index contributed by atoms with van der Waals surface area (Å²) in [7, 11) is 0. The van der Waals surface area contributed by atoms with Crippen molar-refractivity contribution in [3.63, 3.8) is 0 Å². The van der Waals surface area contributed by atoms with E-state index in [9.17, 15) is 4.79 Å². The number of carbonyl (C=O) groups is 1. The van der Waals surface area contributed by atoms with Gasteiger partial charge in [0, 0.05) is 12.1 Å². The van der Waals surface area contributed by atoms with E-state index in [0.717, 1.165) is 36.9 Å². The second kappa shape index (κ2) is 7.28. The van der Waals surface area contributed by atoms with Crippen LogP contribution in [-0.2, 0) is 24.1 Å². The molecule has 2 aromatic rings. The van der Waals surface area contributed by atoms with Gasteiger partial charge in [0.05, 0.1) is 0 Å². The summed E-state index contributed by atoms with van der Waals surface area (Å²) in [6.45, 7) is 2.18. The average molecular weight is 305 g/mol. The van der Waals surface area contributed by atoms with Crippen molar-refractivity contribution in [3.05, 3.63) is 70.8 Å². The maximum Gasteiger partial charge on any atom is 0.224 e. The summed E-state index contributed by atoms with van der Waals surface area (Å²) in [5, 5.41) is 2.95. The average Bonchev–Trinajstić information content (AvgIpc) is 2.59. The molecule has 1 amide bonds. The Kier molecular flexibility index (Phi) is 4.92. The summed E-state index contributed by atoms with van der Waals surface area (Å²) in [4.78, 5) is 11.5. The lowest BCUT2D eigenvalue weighted by atomic mass is 10.0. The second-order valence-electron chi connectivity index (χ2n) is 6.08. The van der Waals surface area contributed by atoms with Crippen molar-refractivity contribution in [2.45, 2.75) is 39.0 Å². The molecule has 0 atom stereocenters. The normalized spacial score (nSPS) is 13.9. The first-order valence-electron chi connectivity index (χ1n) is 8.42. The Hall–Kier alpha value is -2.35. The van der Waals surface area contributed by atoms with E-state index in [1.165, 1.54) is 16.7 Å². The monoisotopic (exact) mass is 305 g/mol. The number of nitrogens with one attached hydrogen (secondary N) is 1. The van der Waals surface area contributed by atoms with Crippen molar-refractivity contribution >= 4 is 17.7 Å². The molecule has 2 aromatic carbocycles. The molecular weight excluding hydrogens is 282 g/mol. The zero-order valence-corrected chi connectivity index (χ0v) is 13.6. The highest BCUT2D eigenvalue weighted by Gasteiger charge is 2.13. The topological polar surface area (TPSA) is 29.1 Å². The highest BCUT2D eigenvalue weighted by molar-refractivity contribution is 5.94. The molecule has 3 rings (SSSR count). The van der Waals surface area contributed by atoms with Crippen LogP contribution >= 0.6 is 0 Å². The smallest absolute Gasteiger partial charge is 0.224 e. The number of amides is 1. The van der Waals surface area contributed by atoms with Crippen LogP contribution in [0.3, 0.4) is 0 Å². The van der Waals surface area contributed by atoms with Crippen LogP contribution in [0.4, 0.5) is 5.69 Å². The first-order chi connectivity index (χ1) is 11.2. The Morgan fingerprint density at radius 1 is 1.04 bits per heavy atom. The van der Waals surface area contributed by atoms with Crippen LogP contribution in [-0.4, -0.2) is 5.91 Å². The van der Waals surface area contributed by atoms with Gasteiger partial charge in [0.25, 0.3) is 0 Å². The highest BCUT2D eigenvalue weighted by Crippen LogP contribution is 2.24. The zero-order chi connectivity index (χ0) is 16.1. The maximum absolute atomic E-state index is 11.5. The van der Waals surface area contributed by atoms with Crippen LogP contribution in [0.25, 0.3) is 6.08 Å². The van der Waals surface area contributed by atoms with E-state index < -0.39 is 0 Å². The summed E-state index contributed by atoms with van der Waals surface area (Å²) >= 11 is 0.